The van der Waals surface area contributed by atoms with Gasteiger partial charge in [-0.1, -0.05) is 6.07 Å². The van der Waals surface area contributed by atoms with Gasteiger partial charge in [0.05, 0.1) is 6.61 Å². The van der Waals surface area contributed by atoms with E-state index < -0.39 is 0 Å². The Bertz CT molecular complexity index is 603. The van der Waals surface area contributed by atoms with Gasteiger partial charge in [-0.25, -0.2) is 9.18 Å². The predicted octanol–water partition coefficient (Wildman–Crippen LogP) is 2.15. The number of carbonyl (C=O) groups excluding carboxylic acids is 1. The molecule has 1 saturated heterocycles. The van der Waals surface area contributed by atoms with Gasteiger partial charge in [-0.3, -0.25) is 4.99 Å². The van der Waals surface area contributed by atoms with Crippen molar-refractivity contribution in [1.82, 2.24) is 10.2 Å². The molecule has 0 aliphatic carbocycles. The van der Waals surface area contributed by atoms with Crippen molar-refractivity contribution in [3.05, 3.63) is 30.1 Å². The number of aliphatic imine (C=N–C) groups is 1. The SMILES string of the molecule is CCOC(=O)N1CCC(NC(N)=NCCCNc2cccc(F)c2)CC1. The van der Waals surface area contributed by atoms with E-state index in [-0.39, 0.29) is 18.0 Å². The number of rotatable bonds is 7. The molecule has 8 heteroatoms. The number of nitrogens with two attached hydrogens (primary N) is 1. The number of likely N-dealkylation sites (tertiary alicyclic amines) is 1. The van der Waals surface area contributed by atoms with E-state index in [9.17, 15) is 9.18 Å². The van der Waals surface area contributed by atoms with Gasteiger partial charge in [0.2, 0.25) is 0 Å². The second kappa shape index (κ2) is 10.5. The summed E-state index contributed by atoms with van der Waals surface area (Å²) >= 11 is 0. The average molecular weight is 365 g/mol. The second-order valence-corrected chi connectivity index (χ2v) is 6.16. The molecule has 0 unspecified atom stereocenters. The Labute approximate surface area is 153 Å². The second-order valence-electron chi connectivity index (χ2n) is 6.16. The van der Waals surface area contributed by atoms with Gasteiger partial charge in [0.15, 0.2) is 5.96 Å². The highest BCUT2D eigenvalue weighted by Crippen LogP contribution is 2.11. The first-order valence-electron chi connectivity index (χ1n) is 9.06. The molecule has 0 bridgehead atoms. The first kappa shape index (κ1) is 19.8. The van der Waals surface area contributed by atoms with Crippen LogP contribution in [0.25, 0.3) is 0 Å². The van der Waals surface area contributed by atoms with Crippen molar-refractivity contribution in [2.75, 3.05) is 38.1 Å². The van der Waals surface area contributed by atoms with Crippen molar-refractivity contribution in [3.8, 4) is 0 Å². The molecule has 1 fully saturated rings. The van der Waals surface area contributed by atoms with Crippen molar-refractivity contribution in [2.24, 2.45) is 10.7 Å². The van der Waals surface area contributed by atoms with Gasteiger partial charge in [0.1, 0.15) is 5.82 Å². The largest absolute Gasteiger partial charge is 0.450 e. The Kier molecular flexibility index (Phi) is 7.98. The number of piperidine rings is 1. The minimum absolute atomic E-state index is 0.217. The highest BCUT2D eigenvalue weighted by Gasteiger charge is 2.23. The lowest BCUT2D eigenvalue weighted by Crippen LogP contribution is -2.48. The Morgan fingerprint density at radius 1 is 1.42 bits per heavy atom. The maximum Gasteiger partial charge on any atom is 0.409 e. The average Bonchev–Trinajstić information content (AvgIpc) is 2.62. The molecule has 0 spiro atoms. The predicted molar refractivity (Wildman–Crippen MR) is 101 cm³/mol. The zero-order chi connectivity index (χ0) is 18.8. The summed E-state index contributed by atoms with van der Waals surface area (Å²) in [7, 11) is 0. The van der Waals surface area contributed by atoms with E-state index in [1.807, 2.05) is 6.07 Å². The molecule has 1 aliphatic rings. The van der Waals surface area contributed by atoms with E-state index in [0.717, 1.165) is 24.9 Å². The molecule has 0 aromatic heterocycles. The molecule has 0 saturated carbocycles. The Morgan fingerprint density at radius 2 is 2.19 bits per heavy atom. The third-order valence-corrected chi connectivity index (χ3v) is 4.14. The summed E-state index contributed by atoms with van der Waals surface area (Å²) in [6.45, 7) is 4.78. The lowest BCUT2D eigenvalue weighted by Gasteiger charge is -2.31. The summed E-state index contributed by atoms with van der Waals surface area (Å²) in [5.41, 5.74) is 6.68. The molecule has 1 amide bonds. The quantitative estimate of drug-likeness (QED) is 0.391. The van der Waals surface area contributed by atoms with Crippen LogP contribution in [-0.4, -0.2) is 55.8 Å². The van der Waals surface area contributed by atoms with Crippen LogP contribution in [0.2, 0.25) is 0 Å². The number of amides is 1. The van der Waals surface area contributed by atoms with Crippen molar-refractivity contribution < 1.29 is 13.9 Å². The molecule has 144 valence electrons. The highest BCUT2D eigenvalue weighted by molar-refractivity contribution is 5.78. The van der Waals surface area contributed by atoms with Gasteiger partial charge < -0.3 is 26.0 Å². The van der Waals surface area contributed by atoms with Crippen LogP contribution in [0.4, 0.5) is 14.9 Å². The number of anilines is 1. The minimum Gasteiger partial charge on any atom is -0.450 e. The van der Waals surface area contributed by atoms with Crippen LogP contribution in [0.15, 0.2) is 29.3 Å². The molecule has 1 aliphatic heterocycles. The van der Waals surface area contributed by atoms with E-state index in [1.54, 1.807) is 17.9 Å². The number of halogens is 1. The zero-order valence-corrected chi connectivity index (χ0v) is 15.2. The van der Waals surface area contributed by atoms with Gasteiger partial charge in [-0.05, 0) is 44.4 Å². The Morgan fingerprint density at radius 3 is 2.88 bits per heavy atom. The molecule has 1 aromatic rings. The number of hydrogen-bond acceptors (Lipinski definition) is 4. The lowest BCUT2D eigenvalue weighted by molar-refractivity contribution is 0.0963. The molecule has 26 heavy (non-hydrogen) atoms. The van der Waals surface area contributed by atoms with Crippen LogP contribution in [-0.2, 0) is 4.74 Å². The van der Waals surface area contributed by atoms with Crippen LogP contribution < -0.4 is 16.4 Å². The summed E-state index contributed by atoms with van der Waals surface area (Å²) in [4.78, 5) is 17.7. The number of carbonyl (C=O) groups is 1. The Balaban J connectivity index is 1.60. The molecular weight excluding hydrogens is 337 g/mol. The first-order valence-corrected chi connectivity index (χ1v) is 9.06. The molecule has 2 rings (SSSR count). The number of nitrogens with zero attached hydrogens (tertiary/aromatic N) is 2. The molecule has 4 N–H and O–H groups in total. The smallest absolute Gasteiger partial charge is 0.409 e. The molecule has 1 aromatic carbocycles. The normalized spacial score (nSPS) is 15.6. The van der Waals surface area contributed by atoms with Crippen LogP contribution in [0.3, 0.4) is 0 Å². The molecule has 0 atom stereocenters. The summed E-state index contributed by atoms with van der Waals surface area (Å²) < 4.78 is 18.1. The van der Waals surface area contributed by atoms with Gasteiger partial charge in [0.25, 0.3) is 0 Å². The van der Waals surface area contributed by atoms with Crippen LogP contribution >= 0.6 is 0 Å². The zero-order valence-electron chi connectivity index (χ0n) is 15.2. The van der Waals surface area contributed by atoms with Crippen molar-refractivity contribution in [1.29, 1.82) is 0 Å². The first-order chi connectivity index (χ1) is 12.6. The molecule has 1 heterocycles. The van der Waals surface area contributed by atoms with E-state index in [4.69, 9.17) is 10.5 Å². The van der Waals surface area contributed by atoms with E-state index in [0.29, 0.717) is 38.7 Å². The summed E-state index contributed by atoms with van der Waals surface area (Å²) in [5.74, 6) is 0.167. The van der Waals surface area contributed by atoms with Gasteiger partial charge in [-0.15, -0.1) is 0 Å². The standard InChI is InChI=1S/C18H28FN5O2/c1-2-26-18(25)24-11-7-15(8-12-24)23-17(20)22-10-4-9-21-16-6-3-5-14(19)13-16/h3,5-6,13,15,21H,2,4,7-12H2,1H3,(H3,20,22,23). The topological polar surface area (TPSA) is 92.0 Å². The fraction of sp³-hybridized carbons (Fsp3) is 0.556. The number of nitrogens with one attached hydrogen (secondary N) is 2. The van der Waals surface area contributed by atoms with Gasteiger partial charge in [-0.2, -0.15) is 0 Å². The van der Waals surface area contributed by atoms with Crippen molar-refractivity contribution in [3.63, 3.8) is 0 Å². The van der Waals surface area contributed by atoms with Crippen LogP contribution in [0.5, 0.6) is 0 Å². The Hall–Kier alpha value is -2.51. The van der Waals surface area contributed by atoms with Crippen LogP contribution in [0, 0.1) is 5.82 Å². The number of hydrogen-bond donors (Lipinski definition) is 3. The maximum atomic E-state index is 13.1. The number of guanidine groups is 1. The van der Waals surface area contributed by atoms with Gasteiger partial charge >= 0.3 is 6.09 Å². The summed E-state index contributed by atoms with van der Waals surface area (Å²) in [5, 5.41) is 6.35. The van der Waals surface area contributed by atoms with Crippen molar-refractivity contribution in [2.45, 2.75) is 32.2 Å². The lowest BCUT2D eigenvalue weighted by atomic mass is 10.1. The molecule has 0 radical (unpaired) electrons. The van der Waals surface area contributed by atoms with Crippen molar-refractivity contribution >= 4 is 17.7 Å². The summed E-state index contributed by atoms with van der Waals surface area (Å²) in [6, 6.07) is 6.59. The highest BCUT2D eigenvalue weighted by atomic mass is 19.1. The molecular formula is C18H28FN5O2. The fourth-order valence-electron chi connectivity index (χ4n) is 2.79. The third kappa shape index (κ3) is 6.78. The van der Waals surface area contributed by atoms with Gasteiger partial charge in [0, 0.05) is 37.9 Å². The monoisotopic (exact) mass is 365 g/mol. The number of ether oxygens (including phenoxy) is 1. The van der Waals surface area contributed by atoms with E-state index in [2.05, 4.69) is 15.6 Å². The van der Waals surface area contributed by atoms with E-state index in [1.165, 1.54) is 12.1 Å². The third-order valence-electron chi connectivity index (χ3n) is 4.14. The van der Waals surface area contributed by atoms with E-state index >= 15 is 0 Å². The minimum atomic E-state index is -0.254. The fourth-order valence-corrected chi connectivity index (χ4v) is 2.79. The number of benzene rings is 1. The maximum absolute atomic E-state index is 13.1. The molecule has 7 nitrogen and oxygen atoms in total. The summed E-state index contributed by atoms with van der Waals surface area (Å²) in [6.07, 6.45) is 2.17. The van der Waals surface area contributed by atoms with Crippen LogP contribution in [0.1, 0.15) is 26.2 Å².